The molecule has 2 aliphatic rings. The molecule has 1 fully saturated rings. The third-order valence-corrected chi connectivity index (χ3v) is 7.78. The number of ether oxygens (including phenoxy) is 2. The first kappa shape index (κ1) is 20.5. The van der Waals surface area contributed by atoms with Crippen molar-refractivity contribution in [3.8, 4) is 22.9 Å². The number of fused-ring (bicyclic) bond motifs is 8. The van der Waals surface area contributed by atoms with Crippen molar-refractivity contribution in [3.05, 3.63) is 102 Å². The van der Waals surface area contributed by atoms with Crippen molar-refractivity contribution in [1.29, 1.82) is 5.26 Å². The van der Waals surface area contributed by atoms with Crippen LogP contribution >= 0.6 is 0 Å². The molecule has 0 heterocycles. The number of hydrogen-bond acceptors (Lipinski definition) is 4. The number of benzene rings is 4. The van der Waals surface area contributed by atoms with E-state index in [9.17, 15) is 10.1 Å². The predicted molar refractivity (Wildman–Crippen MR) is 131 cm³/mol. The van der Waals surface area contributed by atoms with Crippen molar-refractivity contribution < 1.29 is 14.3 Å². The minimum absolute atomic E-state index is 0.189. The molecule has 6 rings (SSSR count). The van der Waals surface area contributed by atoms with Crippen LogP contribution in [-0.2, 0) is 14.9 Å². The molecule has 0 saturated heterocycles. The Balaban J connectivity index is 1.70. The fraction of sp³-hybridized carbons (Fsp3) is 0.200. The maximum Gasteiger partial charge on any atom is 0.311 e. The summed E-state index contributed by atoms with van der Waals surface area (Å²) in [7, 11) is 3.04. The van der Waals surface area contributed by atoms with Gasteiger partial charge in [0.1, 0.15) is 11.2 Å². The Hall–Kier alpha value is -4.10. The van der Waals surface area contributed by atoms with Crippen molar-refractivity contribution >= 4 is 16.7 Å². The summed E-state index contributed by atoms with van der Waals surface area (Å²) in [4.78, 5) is 13.3. The van der Waals surface area contributed by atoms with E-state index in [0.29, 0.717) is 0 Å². The number of nitriles is 1. The highest BCUT2D eigenvalue weighted by Gasteiger charge is 2.70. The predicted octanol–water partition coefficient (Wildman–Crippen LogP) is 5.96. The lowest BCUT2D eigenvalue weighted by atomic mass is 9.39. The minimum atomic E-state index is -1.01. The van der Waals surface area contributed by atoms with Gasteiger partial charge in [-0.15, -0.1) is 0 Å². The van der Waals surface area contributed by atoms with Crippen molar-refractivity contribution in [1.82, 2.24) is 0 Å². The van der Waals surface area contributed by atoms with Crippen LogP contribution in [0.5, 0.6) is 5.75 Å². The second kappa shape index (κ2) is 7.46. The lowest BCUT2D eigenvalue weighted by molar-refractivity contribution is -0.154. The van der Waals surface area contributed by atoms with E-state index >= 15 is 0 Å². The van der Waals surface area contributed by atoms with Gasteiger partial charge in [0.05, 0.1) is 26.2 Å². The average Bonchev–Trinajstić information content (AvgIpc) is 2.89. The Morgan fingerprint density at radius 2 is 1.62 bits per heavy atom. The molecule has 4 nitrogen and oxygen atoms in total. The maximum absolute atomic E-state index is 13.3. The second-order valence-corrected chi connectivity index (χ2v) is 9.05. The number of carbonyl (C=O) groups excluding carboxylic acids is 1. The Morgan fingerprint density at radius 1 is 0.882 bits per heavy atom. The van der Waals surface area contributed by atoms with Gasteiger partial charge in [-0.3, -0.25) is 4.79 Å². The van der Waals surface area contributed by atoms with Gasteiger partial charge in [-0.1, -0.05) is 72.8 Å². The van der Waals surface area contributed by atoms with Gasteiger partial charge in [-0.2, -0.15) is 5.26 Å². The molecule has 0 aliphatic heterocycles. The van der Waals surface area contributed by atoms with Crippen LogP contribution in [0.2, 0.25) is 0 Å². The number of nitrogens with zero attached hydrogens (tertiary/aromatic N) is 1. The normalized spacial score (nSPS) is 24.1. The lowest BCUT2D eigenvalue weighted by Crippen LogP contribution is -2.61. The SMILES string of the molecule is COC(=O)[C@@H]1[C@@H](c2ccc(OC)cc2)[C@H]2c3c(ccc4ccccc34)-c3ccccc3[C@@]12C#N. The molecule has 4 aromatic carbocycles. The van der Waals surface area contributed by atoms with Crippen LogP contribution in [-0.4, -0.2) is 20.2 Å². The fourth-order valence-electron chi connectivity index (χ4n) is 6.39. The van der Waals surface area contributed by atoms with Gasteiger partial charge in [-0.25, -0.2) is 0 Å². The maximum atomic E-state index is 13.3. The number of hydrogen-bond donors (Lipinski definition) is 0. The number of methoxy groups -OCH3 is 2. The van der Waals surface area contributed by atoms with Gasteiger partial charge in [0.15, 0.2) is 0 Å². The Kier molecular flexibility index (Phi) is 4.50. The summed E-state index contributed by atoms with van der Waals surface area (Å²) in [6.45, 7) is 0. The molecule has 2 aliphatic carbocycles. The zero-order chi connectivity index (χ0) is 23.4. The zero-order valence-corrected chi connectivity index (χ0v) is 19.0. The summed E-state index contributed by atoms with van der Waals surface area (Å²) in [6, 6.07) is 31.1. The third kappa shape index (κ3) is 2.50. The van der Waals surface area contributed by atoms with Gasteiger partial charge in [0.2, 0.25) is 0 Å². The molecule has 166 valence electrons. The molecule has 0 radical (unpaired) electrons. The minimum Gasteiger partial charge on any atom is -0.497 e. The zero-order valence-electron chi connectivity index (χ0n) is 19.0. The summed E-state index contributed by atoms with van der Waals surface area (Å²) in [5.41, 5.74) is 4.19. The first-order valence-electron chi connectivity index (χ1n) is 11.4. The van der Waals surface area contributed by atoms with Crippen molar-refractivity contribution in [2.45, 2.75) is 17.3 Å². The monoisotopic (exact) mass is 445 g/mol. The number of carbonyl (C=O) groups is 1. The van der Waals surface area contributed by atoms with Gasteiger partial charge >= 0.3 is 5.97 Å². The van der Waals surface area contributed by atoms with Crippen molar-refractivity contribution in [3.63, 3.8) is 0 Å². The van der Waals surface area contributed by atoms with Crippen LogP contribution < -0.4 is 4.74 Å². The van der Waals surface area contributed by atoms with E-state index in [1.54, 1.807) is 7.11 Å². The molecule has 0 spiro atoms. The molecule has 0 bridgehead atoms. The third-order valence-electron chi connectivity index (χ3n) is 7.78. The summed E-state index contributed by atoms with van der Waals surface area (Å²) < 4.78 is 10.7. The lowest BCUT2D eigenvalue weighted by Gasteiger charge is -2.59. The highest BCUT2D eigenvalue weighted by molar-refractivity contribution is 5.97. The Morgan fingerprint density at radius 3 is 2.35 bits per heavy atom. The molecule has 4 aromatic rings. The summed E-state index contributed by atoms with van der Waals surface area (Å²) in [6.07, 6.45) is 0. The molecule has 0 aromatic heterocycles. The number of esters is 1. The summed E-state index contributed by atoms with van der Waals surface area (Å²) in [5.74, 6) is -0.600. The van der Waals surface area contributed by atoms with Crippen LogP contribution in [0.3, 0.4) is 0 Å². The van der Waals surface area contributed by atoms with E-state index in [0.717, 1.165) is 44.3 Å². The first-order valence-corrected chi connectivity index (χ1v) is 11.4. The van der Waals surface area contributed by atoms with Crippen molar-refractivity contribution in [2.24, 2.45) is 5.92 Å². The molecule has 34 heavy (non-hydrogen) atoms. The van der Waals surface area contributed by atoms with E-state index < -0.39 is 11.3 Å². The molecule has 4 heteroatoms. The van der Waals surface area contributed by atoms with Crippen LogP contribution in [0.1, 0.15) is 28.5 Å². The number of rotatable bonds is 3. The van der Waals surface area contributed by atoms with E-state index in [1.165, 1.54) is 7.11 Å². The van der Waals surface area contributed by atoms with E-state index in [-0.39, 0.29) is 17.8 Å². The highest BCUT2D eigenvalue weighted by Crippen LogP contribution is 2.71. The van der Waals surface area contributed by atoms with Gasteiger partial charge in [-0.05, 0) is 50.7 Å². The largest absolute Gasteiger partial charge is 0.497 e. The molecule has 0 N–H and O–H groups in total. The quantitative estimate of drug-likeness (QED) is 0.365. The topological polar surface area (TPSA) is 59.3 Å². The Bertz CT molecular complexity index is 1480. The molecule has 1 saturated carbocycles. The van der Waals surface area contributed by atoms with Gasteiger partial charge < -0.3 is 9.47 Å². The molecular formula is C30H23NO3. The van der Waals surface area contributed by atoms with Crippen LogP contribution in [0, 0.1) is 17.2 Å². The van der Waals surface area contributed by atoms with E-state index in [4.69, 9.17) is 9.47 Å². The van der Waals surface area contributed by atoms with E-state index in [1.807, 2.05) is 54.6 Å². The molecular weight excluding hydrogens is 422 g/mol. The summed E-state index contributed by atoms with van der Waals surface area (Å²) in [5, 5.41) is 13.1. The molecule has 0 unspecified atom stereocenters. The van der Waals surface area contributed by atoms with Crippen LogP contribution in [0.25, 0.3) is 21.9 Å². The average molecular weight is 446 g/mol. The first-order chi connectivity index (χ1) is 16.7. The summed E-state index contributed by atoms with van der Waals surface area (Å²) >= 11 is 0. The Labute approximate surface area is 198 Å². The van der Waals surface area contributed by atoms with E-state index in [2.05, 4.69) is 36.4 Å². The van der Waals surface area contributed by atoms with Crippen molar-refractivity contribution in [2.75, 3.05) is 14.2 Å². The second-order valence-electron chi connectivity index (χ2n) is 9.05. The standard InChI is InChI=1S/C30H23NO3/c1-33-20-14-11-19(12-15-20)25-27-26-21-8-4-3-7-18(21)13-16-23(26)22-9-5-6-10-24(22)30(27,17-31)28(25)29(32)34-2/h3-16,25,27-28H,1-2H3/t25-,27-,28-,30+/m0/s1. The van der Waals surface area contributed by atoms with Gasteiger partial charge in [0, 0.05) is 11.8 Å². The fourth-order valence-corrected chi connectivity index (χ4v) is 6.39. The van der Waals surface area contributed by atoms with Crippen LogP contribution in [0.4, 0.5) is 0 Å². The van der Waals surface area contributed by atoms with Gasteiger partial charge in [0.25, 0.3) is 0 Å². The highest BCUT2D eigenvalue weighted by atomic mass is 16.5. The molecule has 4 atom stereocenters. The molecule has 0 amide bonds. The van der Waals surface area contributed by atoms with Crippen LogP contribution in [0.15, 0.2) is 84.9 Å². The smallest absolute Gasteiger partial charge is 0.311 e.